The first-order valence-corrected chi connectivity index (χ1v) is 12.2. The highest BCUT2D eigenvalue weighted by Gasteiger charge is 2.37. The van der Waals surface area contributed by atoms with E-state index >= 15 is 0 Å². The van der Waals surface area contributed by atoms with Gasteiger partial charge in [0.2, 0.25) is 11.7 Å². The Kier molecular flexibility index (Phi) is 8.32. The molecule has 0 saturated heterocycles. The third kappa shape index (κ3) is 5.71. The van der Waals surface area contributed by atoms with Crippen molar-refractivity contribution in [1.82, 2.24) is 5.32 Å². The number of nitrogens with zero attached hydrogens (tertiary/aromatic N) is 1. The zero-order valence-electron chi connectivity index (χ0n) is 21.2. The molecule has 0 spiro atoms. The molecular weight excluding hydrogens is 479 g/mol. The summed E-state index contributed by atoms with van der Waals surface area (Å²) in [5, 5.41) is 3.13. The van der Waals surface area contributed by atoms with E-state index < -0.39 is 17.8 Å². The molecule has 0 aliphatic heterocycles. The van der Waals surface area contributed by atoms with Gasteiger partial charge in [-0.15, -0.1) is 0 Å². The molecule has 0 bridgehead atoms. The number of anilines is 1. The summed E-state index contributed by atoms with van der Waals surface area (Å²) in [5.74, 6) is -0.364. The van der Waals surface area contributed by atoms with E-state index in [1.165, 1.54) is 62.8 Å². The third-order valence-corrected chi connectivity index (χ3v) is 6.52. The van der Waals surface area contributed by atoms with Gasteiger partial charge in [0.25, 0.3) is 5.91 Å². The maximum absolute atomic E-state index is 14.0. The monoisotopic (exact) mass is 510 g/mol. The quantitative estimate of drug-likeness (QED) is 0.421. The molecule has 1 N–H and O–H groups in total. The number of furan rings is 1. The Morgan fingerprint density at radius 1 is 0.973 bits per heavy atom. The average molecular weight is 511 g/mol. The van der Waals surface area contributed by atoms with Crippen LogP contribution in [0.3, 0.4) is 0 Å². The molecule has 1 saturated carbocycles. The smallest absolute Gasteiger partial charge is 0.294 e. The lowest BCUT2D eigenvalue weighted by Crippen LogP contribution is -2.47. The molecule has 2 amide bonds. The van der Waals surface area contributed by atoms with Gasteiger partial charge >= 0.3 is 0 Å². The Labute approximate surface area is 215 Å². The van der Waals surface area contributed by atoms with E-state index in [-0.39, 0.29) is 17.7 Å². The molecule has 37 heavy (non-hydrogen) atoms. The van der Waals surface area contributed by atoms with Crippen molar-refractivity contribution in [2.24, 2.45) is 0 Å². The fourth-order valence-electron chi connectivity index (χ4n) is 4.71. The first-order valence-electron chi connectivity index (χ1n) is 12.2. The van der Waals surface area contributed by atoms with Gasteiger partial charge in [0.1, 0.15) is 11.9 Å². The molecule has 1 aromatic heterocycles. The van der Waals surface area contributed by atoms with Gasteiger partial charge in [-0.3, -0.25) is 14.5 Å². The van der Waals surface area contributed by atoms with Gasteiger partial charge in [0, 0.05) is 11.7 Å². The van der Waals surface area contributed by atoms with Gasteiger partial charge in [0.15, 0.2) is 17.3 Å². The van der Waals surface area contributed by atoms with E-state index in [0.717, 1.165) is 32.1 Å². The van der Waals surface area contributed by atoms with Crippen LogP contribution in [0.5, 0.6) is 17.2 Å². The second-order valence-corrected chi connectivity index (χ2v) is 8.83. The van der Waals surface area contributed by atoms with Gasteiger partial charge in [-0.2, -0.15) is 0 Å². The molecule has 1 fully saturated rings. The molecule has 0 unspecified atom stereocenters. The minimum atomic E-state index is -1.15. The standard InChI is InChI=1S/C28H31FN2O6/c1-34-23-16-18(17-24(35-2)26(23)36-3)25(27(32)30-20-8-5-4-6-9-20)31(21-13-11-19(29)12-14-21)28(33)22-10-7-15-37-22/h7,10-17,20,25H,4-6,8-9H2,1-3H3,(H,30,32)/t25-/m0/s1. The van der Waals surface area contributed by atoms with Gasteiger partial charge < -0.3 is 23.9 Å². The molecule has 4 rings (SSSR count). The number of amides is 2. The lowest BCUT2D eigenvalue weighted by molar-refractivity contribution is -0.123. The SMILES string of the molecule is COc1cc([C@@H](C(=O)NC2CCCCC2)N(C(=O)c2ccco2)c2ccc(F)cc2)cc(OC)c1OC. The summed E-state index contributed by atoms with van der Waals surface area (Å²) >= 11 is 0. The van der Waals surface area contributed by atoms with Crippen LogP contribution in [0.15, 0.2) is 59.2 Å². The molecule has 1 atom stereocenters. The highest BCUT2D eigenvalue weighted by molar-refractivity contribution is 6.08. The average Bonchev–Trinajstić information content (AvgIpc) is 3.47. The second-order valence-electron chi connectivity index (χ2n) is 8.83. The molecule has 196 valence electrons. The van der Waals surface area contributed by atoms with E-state index in [1.54, 1.807) is 18.2 Å². The van der Waals surface area contributed by atoms with Gasteiger partial charge in [-0.25, -0.2) is 4.39 Å². The summed E-state index contributed by atoms with van der Waals surface area (Å²) in [6, 6.07) is 10.6. The Morgan fingerprint density at radius 2 is 1.62 bits per heavy atom. The van der Waals surface area contributed by atoms with E-state index in [4.69, 9.17) is 18.6 Å². The Bertz CT molecular complexity index is 1180. The molecule has 2 aromatic carbocycles. The highest BCUT2D eigenvalue weighted by atomic mass is 19.1. The second kappa shape index (κ2) is 11.8. The zero-order valence-corrected chi connectivity index (χ0v) is 21.2. The maximum atomic E-state index is 14.0. The van der Waals surface area contributed by atoms with Crippen molar-refractivity contribution in [3.8, 4) is 17.2 Å². The Hall–Kier alpha value is -4.01. The fraction of sp³-hybridized carbons (Fsp3) is 0.357. The number of ether oxygens (including phenoxy) is 3. The van der Waals surface area contributed by atoms with Crippen LogP contribution in [-0.2, 0) is 4.79 Å². The summed E-state index contributed by atoms with van der Waals surface area (Å²) in [6.07, 6.45) is 6.26. The summed E-state index contributed by atoms with van der Waals surface area (Å²) in [5.41, 5.74) is 0.743. The lowest BCUT2D eigenvalue weighted by Gasteiger charge is -2.33. The Balaban J connectivity index is 1.88. The molecule has 8 nitrogen and oxygen atoms in total. The van der Waals surface area contributed by atoms with Crippen molar-refractivity contribution >= 4 is 17.5 Å². The van der Waals surface area contributed by atoms with E-state index in [9.17, 15) is 14.0 Å². The number of hydrogen-bond acceptors (Lipinski definition) is 6. The van der Waals surface area contributed by atoms with Crippen LogP contribution in [0.2, 0.25) is 0 Å². The number of benzene rings is 2. The topological polar surface area (TPSA) is 90.2 Å². The predicted molar refractivity (Wildman–Crippen MR) is 136 cm³/mol. The Morgan fingerprint density at radius 3 is 2.16 bits per heavy atom. The first-order chi connectivity index (χ1) is 18.0. The first kappa shape index (κ1) is 26.1. The van der Waals surface area contributed by atoms with E-state index in [1.807, 2.05) is 0 Å². The fourth-order valence-corrected chi connectivity index (χ4v) is 4.71. The van der Waals surface area contributed by atoms with Crippen LogP contribution < -0.4 is 24.4 Å². The molecule has 1 aliphatic carbocycles. The largest absolute Gasteiger partial charge is 0.493 e. The number of hydrogen-bond donors (Lipinski definition) is 1. The van der Waals surface area contributed by atoms with Crippen LogP contribution >= 0.6 is 0 Å². The van der Waals surface area contributed by atoms with Crippen LogP contribution in [-0.4, -0.2) is 39.2 Å². The third-order valence-electron chi connectivity index (χ3n) is 6.52. The van der Waals surface area contributed by atoms with Gasteiger partial charge in [0.05, 0.1) is 27.6 Å². The molecule has 1 heterocycles. The van der Waals surface area contributed by atoms with Crippen LogP contribution in [0.1, 0.15) is 54.3 Å². The van der Waals surface area contributed by atoms with E-state index in [2.05, 4.69) is 5.32 Å². The highest BCUT2D eigenvalue weighted by Crippen LogP contribution is 2.42. The van der Waals surface area contributed by atoms with Crippen molar-refractivity contribution < 1.29 is 32.6 Å². The number of rotatable bonds is 9. The maximum Gasteiger partial charge on any atom is 0.294 e. The van der Waals surface area contributed by atoms with Crippen molar-refractivity contribution in [2.75, 3.05) is 26.2 Å². The van der Waals surface area contributed by atoms with Gasteiger partial charge in [-0.05, 0) is 66.9 Å². The molecule has 0 radical (unpaired) electrons. The van der Waals surface area contributed by atoms with Crippen molar-refractivity contribution in [2.45, 2.75) is 44.2 Å². The number of halogens is 1. The predicted octanol–water partition coefficient (Wildman–Crippen LogP) is 5.28. The molecule has 1 aliphatic rings. The lowest BCUT2D eigenvalue weighted by atomic mass is 9.94. The summed E-state index contributed by atoms with van der Waals surface area (Å²) in [6.45, 7) is 0. The molecular formula is C28H31FN2O6. The zero-order chi connectivity index (χ0) is 26.4. The van der Waals surface area contributed by atoms with Gasteiger partial charge in [-0.1, -0.05) is 19.3 Å². The van der Waals surface area contributed by atoms with Crippen molar-refractivity contribution in [3.63, 3.8) is 0 Å². The summed E-state index contributed by atoms with van der Waals surface area (Å²) in [7, 11) is 4.44. The van der Waals surface area contributed by atoms with Crippen LogP contribution in [0, 0.1) is 5.82 Å². The number of carbonyl (C=O) groups is 2. The summed E-state index contributed by atoms with van der Waals surface area (Å²) < 4.78 is 35.7. The minimum Gasteiger partial charge on any atom is -0.493 e. The van der Waals surface area contributed by atoms with Crippen LogP contribution in [0.4, 0.5) is 10.1 Å². The number of nitrogens with one attached hydrogen (secondary N) is 1. The van der Waals surface area contributed by atoms with E-state index in [0.29, 0.717) is 28.5 Å². The van der Waals surface area contributed by atoms with Crippen molar-refractivity contribution in [1.29, 1.82) is 0 Å². The summed E-state index contributed by atoms with van der Waals surface area (Å²) in [4.78, 5) is 29.1. The minimum absolute atomic E-state index is 0.0143. The molecule has 9 heteroatoms. The normalized spacial score (nSPS) is 14.5. The molecule has 3 aromatic rings. The number of carbonyl (C=O) groups excluding carboxylic acids is 2. The van der Waals surface area contributed by atoms with Crippen LogP contribution in [0.25, 0.3) is 0 Å². The number of methoxy groups -OCH3 is 3. The van der Waals surface area contributed by atoms with Crippen molar-refractivity contribution in [3.05, 3.63) is 71.9 Å².